The van der Waals surface area contributed by atoms with E-state index < -0.39 is 0 Å². The van der Waals surface area contributed by atoms with Crippen LogP contribution in [0.4, 0.5) is 0 Å². The number of alkyl halides is 1. The summed E-state index contributed by atoms with van der Waals surface area (Å²) >= 11 is 13.4. The largest absolute Gasteiger partial charge is 0.419 e. The Balaban J connectivity index is 2.11. The van der Waals surface area contributed by atoms with Crippen LogP contribution in [-0.4, -0.2) is 4.57 Å². The number of aryl methyl sites for hydroxylation is 1. The highest BCUT2D eigenvalue weighted by atomic mass is 79.9. The average molecular weight is 432 g/mol. The Morgan fingerprint density at radius 3 is 2.76 bits per heavy atom. The molecule has 0 saturated carbocycles. The van der Waals surface area contributed by atoms with Gasteiger partial charge in [-0.2, -0.15) is 0 Å². The first-order valence-electron chi connectivity index (χ1n) is 6.16. The predicted molar refractivity (Wildman–Crippen MR) is 91.4 cm³/mol. The summed E-state index contributed by atoms with van der Waals surface area (Å²) in [4.78, 5) is 11.5. The van der Waals surface area contributed by atoms with Gasteiger partial charge in [-0.15, -0.1) is 0 Å². The van der Waals surface area contributed by atoms with E-state index in [2.05, 4.69) is 31.9 Å². The molecule has 21 heavy (non-hydrogen) atoms. The van der Waals surface area contributed by atoms with E-state index in [1.807, 2.05) is 36.4 Å². The molecule has 0 spiro atoms. The van der Waals surface area contributed by atoms with Crippen molar-refractivity contribution in [2.24, 2.45) is 7.05 Å². The molecule has 3 rings (SSSR count). The second kappa shape index (κ2) is 5.63. The first kappa shape index (κ1) is 14.9. The molecule has 0 amide bonds. The molecule has 0 radical (unpaired) electrons. The lowest BCUT2D eigenvalue weighted by Crippen LogP contribution is -2.08. The van der Waals surface area contributed by atoms with Gasteiger partial charge in [-0.3, -0.25) is 4.57 Å². The van der Waals surface area contributed by atoms with Crippen LogP contribution < -0.4 is 5.76 Å². The minimum atomic E-state index is -0.367. The van der Waals surface area contributed by atoms with Gasteiger partial charge in [0.1, 0.15) is 0 Å². The lowest BCUT2D eigenvalue weighted by Gasteiger charge is -2.13. The van der Waals surface area contributed by atoms with Crippen molar-refractivity contribution < 1.29 is 4.42 Å². The molecular formula is C15H10Br2ClNO2. The quantitative estimate of drug-likeness (QED) is 0.534. The number of halogens is 3. The SMILES string of the molecule is Cn1c(=O)oc2cc(C(Br)c3cc(Br)ccc3Cl)ccc21. The lowest BCUT2D eigenvalue weighted by molar-refractivity contribution is 0.528. The van der Waals surface area contributed by atoms with E-state index in [1.54, 1.807) is 7.05 Å². The summed E-state index contributed by atoms with van der Waals surface area (Å²) in [6.45, 7) is 0. The van der Waals surface area contributed by atoms with Gasteiger partial charge in [0.05, 0.1) is 10.3 Å². The van der Waals surface area contributed by atoms with Crippen molar-refractivity contribution in [2.45, 2.75) is 4.83 Å². The molecule has 1 heterocycles. The summed E-state index contributed by atoms with van der Waals surface area (Å²) in [6.07, 6.45) is 0. The van der Waals surface area contributed by atoms with Gasteiger partial charge < -0.3 is 4.42 Å². The minimum Gasteiger partial charge on any atom is -0.408 e. The Morgan fingerprint density at radius 2 is 2.00 bits per heavy atom. The topological polar surface area (TPSA) is 35.1 Å². The molecule has 0 aliphatic carbocycles. The number of hydrogen-bond donors (Lipinski definition) is 0. The molecule has 0 N–H and O–H groups in total. The molecule has 3 aromatic rings. The lowest BCUT2D eigenvalue weighted by atomic mass is 10.0. The van der Waals surface area contributed by atoms with Gasteiger partial charge in [-0.1, -0.05) is 49.5 Å². The second-order valence-electron chi connectivity index (χ2n) is 4.68. The summed E-state index contributed by atoms with van der Waals surface area (Å²) in [5.74, 6) is -0.367. The van der Waals surface area contributed by atoms with Gasteiger partial charge in [0.2, 0.25) is 0 Å². The van der Waals surface area contributed by atoms with Crippen LogP contribution in [0.25, 0.3) is 11.1 Å². The van der Waals surface area contributed by atoms with E-state index in [0.29, 0.717) is 10.6 Å². The van der Waals surface area contributed by atoms with Crippen LogP contribution in [0.5, 0.6) is 0 Å². The van der Waals surface area contributed by atoms with Gasteiger partial charge >= 0.3 is 5.76 Å². The highest BCUT2D eigenvalue weighted by Gasteiger charge is 2.16. The Bertz CT molecular complexity index is 885. The summed E-state index contributed by atoms with van der Waals surface area (Å²) < 4.78 is 7.66. The van der Waals surface area contributed by atoms with Crippen molar-refractivity contribution >= 4 is 54.6 Å². The van der Waals surface area contributed by atoms with E-state index in [0.717, 1.165) is 21.1 Å². The molecule has 2 aromatic carbocycles. The minimum absolute atomic E-state index is 0.0857. The zero-order valence-electron chi connectivity index (χ0n) is 10.9. The van der Waals surface area contributed by atoms with Crippen molar-refractivity contribution in [1.29, 1.82) is 0 Å². The third-order valence-corrected chi connectivity index (χ3v) is 5.20. The number of oxazole rings is 1. The highest BCUT2D eigenvalue weighted by molar-refractivity contribution is 9.10. The normalized spacial score (nSPS) is 12.8. The molecule has 0 bridgehead atoms. The number of fused-ring (bicyclic) bond motifs is 1. The predicted octanol–water partition coefficient (Wildman–Crippen LogP) is 5.03. The Morgan fingerprint density at radius 1 is 1.24 bits per heavy atom. The maximum atomic E-state index is 11.5. The number of rotatable bonds is 2. The van der Waals surface area contributed by atoms with E-state index in [-0.39, 0.29) is 10.6 Å². The molecule has 3 nitrogen and oxygen atoms in total. The van der Waals surface area contributed by atoms with Crippen molar-refractivity contribution in [2.75, 3.05) is 0 Å². The van der Waals surface area contributed by atoms with Crippen LogP contribution in [0.3, 0.4) is 0 Å². The van der Waals surface area contributed by atoms with Crippen molar-refractivity contribution in [1.82, 2.24) is 4.57 Å². The first-order chi connectivity index (χ1) is 9.97. The summed E-state index contributed by atoms with van der Waals surface area (Å²) in [5.41, 5.74) is 3.25. The third kappa shape index (κ3) is 2.70. The first-order valence-corrected chi connectivity index (χ1v) is 8.24. The number of nitrogens with zero attached hydrogens (tertiary/aromatic N) is 1. The van der Waals surface area contributed by atoms with Gasteiger partial charge in [0.25, 0.3) is 0 Å². The number of hydrogen-bond acceptors (Lipinski definition) is 2. The third-order valence-electron chi connectivity index (χ3n) is 3.34. The number of aromatic nitrogens is 1. The van der Waals surface area contributed by atoms with Gasteiger partial charge in [0, 0.05) is 16.5 Å². The molecule has 6 heteroatoms. The maximum Gasteiger partial charge on any atom is 0.419 e. The van der Waals surface area contributed by atoms with Crippen molar-refractivity contribution in [3.63, 3.8) is 0 Å². The fourth-order valence-corrected chi connectivity index (χ4v) is 3.60. The van der Waals surface area contributed by atoms with E-state index in [9.17, 15) is 4.79 Å². The molecule has 0 aliphatic heterocycles. The van der Waals surface area contributed by atoms with Crippen LogP contribution in [0.15, 0.2) is 50.1 Å². The van der Waals surface area contributed by atoms with Crippen molar-refractivity contribution in [3.8, 4) is 0 Å². The molecule has 1 unspecified atom stereocenters. The average Bonchev–Trinajstić information content (AvgIpc) is 2.75. The zero-order valence-corrected chi connectivity index (χ0v) is 14.9. The van der Waals surface area contributed by atoms with Crippen LogP contribution in [0.2, 0.25) is 5.02 Å². The second-order valence-corrected chi connectivity index (χ2v) is 6.92. The summed E-state index contributed by atoms with van der Waals surface area (Å²) in [5, 5.41) is 0.676. The van der Waals surface area contributed by atoms with Crippen molar-refractivity contribution in [3.05, 3.63) is 67.6 Å². The van der Waals surface area contributed by atoms with Crippen LogP contribution in [0, 0.1) is 0 Å². The van der Waals surface area contributed by atoms with E-state index in [1.165, 1.54) is 4.57 Å². The Kier molecular flexibility index (Phi) is 3.99. The van der Waals surface area contributed by atoms with E-state index in [4.69, 9.17) is 16.0 Å². The fraction of sp³-hybridized carbons (Fsp3) is 0.133. The molecule has 0 aliphatic rings. The van der Waals surface area contributed by atoms with E-state index >= 15 is 0 Å². The van der Waals surface area contributed by atoms with Crippen LogP contribution in [0.1, 0.15) is 16.0 Å². The van der Waals surface area contributed by atoms with Gasteiger partial charge in [-0.05, 0) is 41.5 Å². The van der Waals surface area contributed by atoms with Crippen LogP contribution >= 0.6 is 43.5 Å². The highest BCUT2D eigenvalue weighted by Crippen LogP contribution is 2.37. The van der Waals surface area contributed by atoms with Crippen LogP contribution in [-0.2, 0) is 7.05 Å². The zero-order chi connectivity index (χ0) is 15.1. The molecule has 108 valence electrons. The maximum absolute atomic E-state index is 11.5. The molecule has 1 aromatic heterocycles. The fourth-order valence-electron chi connectivity index (χ4n) is 2.20. The molecule has 0 saturated heterocycles. The Hall–Kier alpha value is -1.04. The molecular weight excluding hydrogens is 421 g/mol. The smallest absolute Gasteiger partial charge is 0.408 e. The molecule has 1 atom stereocenters. The number of benzene rings is 2. The summed E-state index contributed by atoms with van der Waals surface area (Å²) in [6, 6.07) is 11.4. The molecule has 0 fully saturated rings. The Labute approximate surface area is 142 Å². The standard InChI is InChI=1S/C15H10Br2ClNO2/c1-19-12-5-2-8(6-13(12)21-15(19)20)14(17)10-7-9(16)3-4-11(10)18/h2-7,14H,1H3. The van der Waals surface area contributed by atoms with Gasteiger partial charge in [0.15, 0.2) is 5.58 Å². The van der Waals surface area contributed by atoms with Gasteiger partial charge in [-0.25, -0.2) is 4.79 Å². The monoisotopic (exact) mass is 429 g/mol. The summed E-state index contributed by atoms with van der Waals surface area (Å²) in [7, 11) is 1.69.